The number of thiazole rings is 1. The van der Waals surface area contributed by atoms with Crippen molar-refractivity contribution in [1.29, 1.82) is 0 Å². The molecule has 1 amide bonds. The molecule has 0 aromatic carbocycles. The number of carbonyl (C=O) groups excluding carboxylic acids is 1. The molecule has 2 aromatic heterocycles. The van der Waals surface area contributed by atoms with E-state index in [4.69, 9.17) is 4.74 Å². The molecule has 1 fully saturated rings. The number of nitrogens with zero attached hydrogens (tertiary/aromatic N) is 5. The topological polar surface area (TPSA) is 73.1 Å². The van der Waals surface area contributed by atoms with E-state index in [1.54, 1.807) is 34.2 Å². The Kier molecular flexibility index (Phi) is 5.25. The molecule has 3 heterocycles. The Bertz CT molecular complexity index is 690. The van der Waals surface area contributed by atoms with Crippen LogP contribution in [0.5, 0.6) is 0 Å². The average Bonchev–Trinajstić information content (AvgIpc) is 3.28. The van der Waals surface area contributed by atoms with Crippen molar-refractivity contribution in [1.82, 2.24) is 24.9 Å². The Morgan fingerprint density at radius 1 is 1.54 bits per heavy atom. The third-order valence-corrected chi connectivity index (χ3v) is 5.18. The molecule has 0 saturated carbocycles. The van der Waals surface area contributed by atoms with Gasteiger partial charge in [-0.05, 0) is 12.8 Å². The first-order valence-corrected chi connectivity index (χ1v) is 9.12. The lowest BCUT2D eigenvalue weighted by Gasteiger charge is -2.14. The van der Waals surface area contributed by atoms with Gasteiger partial charge in [0.05, 0.1) is 36.1 Å². The highest BCUT2D eigenvalue weighted by Crippen LogP contribution is 2.20. The van der Waals surface area contributed by atoms with Crippen molar-refractivity contribution in [3.8, 4) is 0 Å². The van der Waals surface area contributed by atoms with Crippen LogP contribution in [0.3, 0.4) is 0 Å². The molecule has 0 radical (unpaired) electrons. The normalized spacial score (nSPS) is 17.6. The summed E-state index contributed by atoms with van der Waals surface area (Å²) in [6, 6.07) is 0. The Morgan fingerprint density at radius 3 is 3.04 bits per heavy atom. The zero-order valence-electron chi connectivity index (χ0n) is 14.3. The van der Waals surface area contributed by atoms with Crippen LogP contribution in [-0.4, -0.2) is 50.5 Å². The predicted octanol–water partition coefficient (Wildman–Crippen LogP) is 2.31. The molecule has 1 aliphatic heterocycles. The fraction of sp³-hybridized carbons (Fsp3) is 0.625. The number of hydrogen-bond donors (Lipinski definition) is 0. The van der Waals surface area contributed by atoms with Crippen molar-refractivity contribution in [2.45, 2.75) is 51.8 Å². The van der Waals surface area contributed by atoms with Crippen LogP contribution in [0.4, 0.5) is 0 Å². The highest BCUT2D eigenvalue weighted by molar-refractivity contribution is 7.09. The average molecular weight is 349 g/mol. The number of carbonyl (C=O) groups is 1. The maximum absolute atomic E-state index is 12.5. The first-order valence-electron chi connectivity index (χ1n) is 8.24. The molecule has 0 unspecified atom stereocenters. The molecule has 0 aliphatic carbocycles. The number of aromatic nitrogens is 4. The van der Waals surface area contributed by atoms with Crippen LogP contribution in [0.2, 0.25) is 0 Å². The smallest absolute Gasteiger partial charge is 0.276 e. The summed E-state index contributed by atoms with van der Waals surface area (Å²) in [4.78, 5) is 18.7. The van der Waals surface area contributed by atoms with Gasteiger partial charge in [0.15, 0.2) is 5.69 Å². The molecular weight excluding hydrogens is 326 g/mol. The lowest BCUT2D eigenvalue weighted by Crippen LogP contribution is -2.26. The third-order valence-electron chi connectivity index (χ3n) is 3.98. The van der Waals surface area contributed by atoms with Gasteiger partial charge < -0.3 is 9.64 Å². The van der Waals surface area contributed by atoms with E-state index in [2.05, 4.69) is 29.1 Å². The minimum atomic E-state index is -0.146. The monoisotopic (exact) mass is 349 g/mol. The maximum atomic E-state index is 12.5. The molecule has 7 nitrogen and oxygen atoms in total. The quantitative estimate of drug-likeness (QED) is 0.800. The van der Waals surface area contributed by atoms with Gasteiger partial charge in [-0.15, -0.1) is 16.4 Å². The second-order valence-electron chi connectivity index (χ2n) is 6.45. The molecule has 2 aromatic rings. The van der Waals surface area contributed by atoms with Crippen LogP contribution in [0, 0.1) is 0 Å². The summed E-state index contributed by atoms with van der Waals surface area (Å²) in [5.41, 5.74) is 1.26. The summed E-state index contributed by atoms with van der Waals surface area (Å²) < 4.78 is 7.27. The molecular formula is C16H23N5O2S. The lowest BCUT2D eigenvalue weighted by molar-refractivity contribution is 0.0777. The van der Waals surface area contributed by atoms with Gasteiger partial charge in [-0.2, -0.15) is 0 Å². The maximum Gasteiger partial charge on any atom is 0.276 e. The molecule has 0 spiro atoms. The summed E-state index contributed by atoms with van der Waals surface area (Å²) in [5, 5.41) is 11.1. The highest BCUT2D eigenvalue weighted by atomic mass is 32.1. The minimum Gasteiger partial charge on any atom is -0.376 e. The standard InChI is InChI=1S/C16H23N5O2S/c1-11(2)15-17-12(10-24-15)7-20(3)16(22)14-9-21(19-18-14)8-13-5-4-6-23-13/h9-11,13H,4-8H2,1-3H3/t13-/m1/s1. The van der Waals surface area contributed by atoms with E-state index < -0.39 is 0 Å². The zero-order chi connectivity index (χ0) is 17.1. The molecule has 1 aliphatic rings. The highest BCUT2D eigenvalue weighted by Gasteiger charge is 2.20. The minimum absolute atomic E-state index is 0.146. The molecule has 0 N–H and O–H groups in total. The summed E-state index contributed by atoms with van der Waals surface area (Å²) in [6.45, 7) is 6.15. The van der Waals surface area contributed by atoms with Crippen molar-refractivity contribution in [2.75, 3.05) is 13.7 Å². The first kappa shape index (κ1) is 17.0. The number of ether oxygens (including phenoxy) is 1. The molecule has 1 atom stereocenters. The van der Waals surface area contributed by atoms with Crippen molar-refractivity contribution >= 4 is 17.2 Å². The van der Waals surface area contributed by atoms with Crippen LogP contribution < -0.4 is 0 Å². The van der Waals surface area contributed by atoms with Crippen molar-refractivity contribution in [3.05, 3.63) is 28.0 Å². The molecule has 130 valence electrons. The second kappa shape index (κ2) is 7.40. The van der Waals surface area contributed by atoms with Crippen molar-refractivity contribution in [3.63, 3.8) is 0 Å². The predicted molar refractivity (Wildman–Crippen MR) is 91.0 cm³/mol. The van der Waals surface area contributed by atoms with Crippen LogP contribution in [-0.2, 0) is 17.8 Å². The van der Waals surface area contributed by atoms with E-state index in [1.807, 2.05) is 5.38 Å². The fourth-order valence-corrected chi connectivity index (χ4v) is 3.48. The zero-order valence-corrected chi connectivity index (χ0v) is 15.1. The van der Waals surface area contributed by atoms with Gasteiger partial charge in [0.2, 0.25) is 0 Å². The van der Waals surface area contributed by atoms with E-state index in [1.165, 1.54) is 0 Å². The lowest BCUT2D eigenvalue weighted by atomic mass is 10.2. The van der Waals surface area contributed by atoms with Crippen molar-refractivity contribution < 1.29 is 9.53 Å². The number of amides is 1. The van der Waals surface area contributed by atoms with Crippen LogP contribution in [0.25, 0.3) is 0 Å². The van der Waals surface area contributed by atoms with Crippen molar-refractivity contribution in [2.24, 2.45) is 0 Å². The van der Waals surface area contributed by atoms with Crippen LogP contribution in [0.15, 0.2) is 11.6 Å². The van der Waals surface area contributed by atoms with E-state index in [0.29, 0.717) is 24.7 Å². The SMILES string of the molecule is CC(C)c1nc(CN(C)C(=O)c2cn(C[C@H]3CCCO3)nn2)cs1. The Morgan fingerprint density at radius 2 is 2.38 bits per heavy atom. The van der Waals surface area contributed by atoms with Gasteiger partial charge in [0.1, 0.15) is 0 Å². The largest absolute Gasteiger partial charge is 0.376 e. The van der Waals surface area contributed by atoms with E-state index in [0.717, 1.165) is 30.2 Å². The fourth-order valence-electron chi connectivity index (χ4n) is 2.65. The summed E-state index contributed by atoms with van der Waals surface area (Å²) >= 11 is 1.63. The van der Waals surface area contributed by atoms with Gasteiger partial charge in [-0.25, -0.2) is 9.67 Å². The summed E-state index contributed by atoms with van der Waals surface area (Å²) in [5.74, 6) is 0.259. The summed E-state index contributed by atoms with van der Waals surface area (Å²) in [6.07, 6.45) is 3.99. The Hall–Kier alpha value is -1.80. The van der Waals surface area contributed by atoms with Gasteiger partial charge in [-0.1, -0.05) is 19.1 Å². The Labute approximate surface area is 145 Å². The van der Waals surface area contributed by atoms with Gasteiger partial charge >= 0.3 is 0 Å². The Balaban J connectivity index is 1.59. The molecule has 1 saturated heterocycles. The summed E-state index contributed by atoms with van der Waals surface area (Å²) in [7, 11) is 1.76. The molecule has 3 rings (SSSR count). The molecule has 24 heavy (non-hydrogen) atoms. The van der Waals surface area contributed by atoms with E-state index in [-0.39, 0.29) is 12.0 Å². The van der Waals surface area contributed by atoms with E-state index >= 15 is 0 Å². The first-order chi connectivity index (χ1) is 11.5. The number of rotatable bonds is 6. The van der Waals surface area contributed by atoms with Gasteiger partial charge in [0, 0.05) is 25.0 Å². The molecule has 0 bridgehead atoms. The molecule has 8 heteroatoms. The van der Waals surface area contributed by atoms with E-state index in [9.17, 15) is 4.79 Å². The second-order valence-corrected chi connectivity index (χ2v) is 7.34. The third kappa shape index (κ3) is 3.99. The van der Waals surface area contributed by atoms with Gasteiger partial charge in [0.25, 0.3) is 5.91 Å². The number of hydrogen-bond acceptors (Lipinski definition) is 6. The van der Waals surface area contributed by atoms with Crippen LogP contribution >= 0.6 is 11.3 Å². The van der Waals surface area contributed by atoms with Crippen LogP contribution in [0.1, 0.15) is 53.8 Å². The van der Waals surface area contributed by atoms with Gasteiger partial charge in [-0.3, -0.25) is 4.79 Å².